The van der Waals surface area contributed by atoms with Gasteiger partial charge in [-0.1, -0.05) is 20.3 Å². The average Bonchev–Trinajstić information content (AvgIpc) is 2.12. The molecule has 2 unspecified atom stereocenters. The molecule has 96 valence electrons. The van der Waals surface area contributed by atoms with Crippen LogP contribution >= 0.6 is 0 Å². The minimum atomic E-state index is -0.140. The third kappa shape index (κ3) is 8.72. The summed E-state index contributed by atoms with van der Waals surface area (Å²) < 4.78 is 0. The van der Waals surface area contributed by atoms with Crippen molar-refractivity contribution in [1.82, 2.24) is 10.6 Å². The van der Waals surface area contributed by atoms with E-state index in [-0.39, 0.29) is 11.4 Å². The fourth-order valence-electron chi connectivity index (χ4n) is 1.58. The Hall–Kier alpha value is -0.570. The number of nitrogens with one attached hydrogen (secondary N) is 2. The van der Waals surface area contributed by atoms with Crippen molar-refractivity contribution in [2.75, 3.05) is 6.54 Å². The molecule has 3 heteroatoms. The normalized spacial score (nSPS) is 15.6. The molecule has 2 N–H and O–H groups in total. The van der Waals surface area contributed by atoms with Gasteiger partial charge in [0.05, 0.1) is 6.54 Å². The van der Waals surface area contributed by atoms with E-state index in [9.17, 15) is 4.79 Å². The smallest absolute Gasteiger partial charge is 0.234 e. The Morgan fingerprint density at radius 3 is 2.25 bits per heavy atom. The molecule has 0 fully saturated rings. The molecule has 0 aliphatic carbocycles. The second-order valence-corrected chi connectivity index (χ2v) is 5.83. The van der Waals surface area contributed by atoms with E-state index in [0.717, 1.165) is 6.42 Å². The van der Waals surface area contributed by atoms with Gasteiger partial charge in [-0.15, -0.1) is 0 Å². The van der Waals surface area contributed by atoms with Crippen molar-refractivity contribution >= 4 is 5.91 Å². The lowest BCUT2D eigenvalue weighted by Gasteiger charge is -2.22. The molecular formula is C13H28N2O. The molecule has 0 spiro atoms. The van der Waals surface area contributed by atoms with Crippen LogP contribution in [0, 0.1) is 5.92 Å². The SMILES string of the molecule is CCC(C)CC(C)NCC(=O)NC(C)(C)C. The van der Waals surface area contributed by atoms with Gasteiger partial charge in [-0.25, -0.2) is 0 Å². The third-order valence-corrected chi connectivity index (χ3v) is 2.58. The summed E-state index contributed by atoms with van der Waals surface area (Å²) in [7, 11) is 0. The zero-order valence-corrected chi connectivity index (χ0v) is 11.7. The zero-order chi connectivity index (χ0) is 12.8. The molecule has 0 aliphatic rings. The van der Waals surface area contributed by atoms with E-state index in [1.165, 1.54) is 6.42 Å². The van der Waals surface area contributed by atoms with E-state index in [0.29, 0.717) is 18.5 Å². The lowest BCUT2D eigenvalue weighted by atomic mass is 10.0. The first-order chi connectivity index (χ1) is 7.24. The molecule has 0 bridgehead atoms. The monoisotopic (exact) mass is 228 g/mol. The van der Waals surface area contributed by atoms with E-state index in [2.05, 4.69) is 31.4 Å². The Morgan fingerprint density at radius 1 is 1.25 bits per heavy atom. The topological polar surface area (TPSA) is 41.1 Å². The Morgan fingerprint density at radius 2 is 1.81 bits per heavy atom. The predicted molar refractivity (Wildman–Crippen MR) is 69.4 cm³/mol. The summed E-state index contributed by atoms with van der Waals surface area (Å²) in [6.07, 6.45) is 2.32. The summed E-state index contributed by atoms with van der Waals surface area (Å²) in [5.41, 5.74) is -0.140. The molecule has 0 saturated heterocycles. The van der Waals surface area contributed by atoms with E-state index < -0.39 is 0 Å². The van der Waals surface area contributed by atoms with Crippen molar-refractivity contribution in [2.45, 2.75) is 66.0 Å². The molecule has 3 nitrogen and oxygen atoms in total. The van der Waals surface area contributed by atoms with E-state index in [4.69, 9.17) is 0 Å². The van der Waals surface area contributed by atoms with Crippen LogP contribution in [0.4, 0.5) is 0 Å². The minimum Gasteiger partial charge on any atom is -0.350 e. The number of amides is 1. The number of hydrogen-bond acceptors (Lipinski definition) is 2. The highest BCUT2D eigenvalue weighted by Crippen LogP contribution is 2.09. The van der Waals surface area contributed by atoms with Crippen LogP contribution in [0.25, 0.3) is 0 Å². The quantitative estimate of drug-likeness (QED) is 0.732. The second-order valence-electron chi connectivity index (χ2n) is 5.83. The number of carbonyl (C=O) groups is 1. The molecule has 1 amide bonds. The number of carbonyl (C=O) groups excluding carboxylic acids is 1. The Labute approximate surface area is 100 Å². The summed E-state index contributed by atoms with van der Waals surface area (Å²) in [6, 6.07) is 0.403. The molecule has 0 rings (SSSR count). The standard InChI is InChI=1S/C13H28N2O/c1-7-10(2)8-11(3)14-9-12(16)15-13(4,5)6/h10-11,14H,7-9H2,1-6H3,(H,15,16). The van der Waals surface area contributed by atoms with E-state index in [1.54, 1.807) is 0 Å². The summed E-state index contributed by atoms with van der Waals surface area (Å²) in [5, 5.41) is 6.20. The van der Waals surface area contributed by atoms with Crippen LogP contribution in [0.2, 0.25) is 0 Å². The summed E-state index contributed by atoms with van der Waals surface area (Å²) in [4.78, 5) is 11.5. The lowest BCUT2D eigenvalue weighted by Crippen LogP contribution is -2.46. The van der Waals surface area contributed by atoms with Crippen LogP contribution in [-0.4, -0.2) is 24.0 Å². The molecular weight excluding hydrogens is 200 g/mol. The Bertz CT molecular complexity index is 208. The van der Waals surface area contributed by atoms with E-state index >= 15 is 0 Å². The molecule has 0 radical (unpaired) electrons. The van der Waals surface area contributed by atoms with Crippen molar-refractivity contribution in [3.05, 3.63) is 0 Å². The highest BCUT2D eigenvalue weighted by atomic mass is 16.2. The molecule has 0 aromatic rings. The minimum absolute atomic E-state index is 0.0727. The highest BCUT2D eigenvalue weighted by Gasteiger charge is 2.14. The first-order valence-corrected chi connectivity index (χ1v) is 6.29. The maximum atomic E-state index is 11.5. The number of hydrogen-bond donors (Lipinski definition) is 2. The zero-order valence-electron chi connectivity index (χ0n) is 11.7. The first-order valence-electron chi connectivity index (χ1n) is 6.29. The van der Waals surface area contributed by atoms with Gasteiger partial charge in [0, 0.05) is 11.6 Å². The van der Waals surface area contributed by atoms with Gasteiger partial charge in [0.2, 0.25) is 5.91 Å². The van der Waals surface area contributed by atoms with Gasteiger partial charge in [-0.05, 0) is 40.0 Å². The van der Waals surface area contributed by atoms with Crippen molar-refractivity contribution in [3.63, 3.8) is 0 Å². The molecule has 0 aromatic heterocycles. The molecule has 2 atom stereocenters. The second kappa shape index (κ2) is 6.89. The third-order valence-electron chi connectivity index (χ3n) is 2.58. The van der Waals surface area contributed by atoms with Crippen molar-refractivity contribution in [3.8, 4) is 0 Å². The lowest BCUT2D eigenvalue weighted by molar-refractivity contribution is -0.121. The fourth-order valence-corrected chi connectivity index (χ4v) is 1.58. The average molecular weight is 228 g/mol. The predicted octanol–water partition coefficient (Wildman–Crippen LogP) is 2.32. The van der Waals surface area contributed by atoms with Crippen molar-refractivity contribution < 1.29 is 4.79 Å². The summed E-state index contributed by atoms with van der Waals surface area (Å²) >= 11 is 0. The van der Waals surface area contributed by atoms with Gasteiger partial charge in [-0.3, -0.25) is 4.79 Å². The summed E-state index contributed by atoms with van der Waals surface area (Å²) in [5.74, 6) is 0.789. The molecule has 0 aromatic carbocycles. The molecule has 16 heavy (non-hydrogen) atoms. The van der Waals surface area contributed by atoms with Gasteiger partial charge >= 0.3 is 0 Å². The maximum absolute atomic E-state index is 11.5. The van der Waals surface area contributed by atoms with Gasteiger partial charge in [0.25, 0.3) is 0 Å². The maximum Gasteiger partial charge on any atom is 0.234 e. The van der Waals surface area contributed by atoms with Gasteiger partial charge < -0.3 is 10.6 Å². The number of rotatable bonds is 6. The molecule has 0 aliphatic heterocycles. The van der Waals surface area contributed by atoms with Crippen molar-refractivity contribution in [2.24, 2.45) is 5.92 Å². The Balaban J connectivity index is 3.75. The van der Waals surface area contributed by atoms with Crippen LogP contribution in [-0.2, 0) is 4.79 Å². The Kier molecular flexibility index (Phi) is 6.65. The van der Waals surface area contributed by atoms with Crippen LogP contribution < -0.4 is 10.6 Å². The van der Waals surface area contributed by atoms with Crippen LogP contribution in [0.1, 0.15) is 54.4 Å². The van der Waals surface area contributed by atoms with Gasteiger partial charge in [-0.2, -0.15) is 0 Å². The fraction of sp³-hybridized carbons (Fsp3) is 0.923. The largest absolute Gasteiger partial charge is 0.350 e. The van der Waals surface area contributed by atoms with Crippen LogP contribution in [0.15, 0.2) is 0 Å². The van der Waals surface area contributed by atoms with E-state index in [1.807, 2.05) is 20.8 Å². The van der Waals surface area contributed by atoms with Crippen LogP contribution in [0.5, 0.6) is 0 Å². The van der Waals surface area contributed by atoms with Crippen LogP contribution in [0.3, 0.4) is 0 Å². The summed E-state index contributed by atoms with van der Waals surface area (Å²) in [6.45, 7) is 13.0. The molecule has 0 saturated carbocycles. The van der Waals surface area contributed by atoms with Crippen molar-refractivity contribution in [1.29, 1.82) is 0 Å². The highest BCUT2D eigenvalue weighted by molar-refractivity contribution is 5.78. The van der Waals surface area contributed by atoms with Gasteiger partial charge in [0.1, 0.15) is 0 Å². The van der Waals surface area contributed by atoms with Gasteiger partial charge in [0.15, 0.2) is 0 Å². The first kappa shape index (κ1) is 15.4. The molecule has 0 heterocycles.